The number of aromatic amines is 1. The molecule has 1 heterocycles. The smallest absolute Gasteiger partial charge is 0.0183 e. The van der Waals surface area contributed by atoms with Crippen LogP contribution in [0, 0.1) is 11.3 Å². The SMILES string of the molecule is CCC(c1cc(CC(C)(C)C)c[nH]1)C(C)C. The molecular formula is C15H27N. The van der Waals surface area contributed by atoms with E-state index in [-0.39, 0.29) is 0 Å². The Kier molecular flexibility index (Phi) is 4.23. The van der Waals surface area contributed by atoms with E-state index >= 15 is 0 Å². The Balaban J connectivity index is 2.78. The zero-order valence-electron chi connectivity index (χ0n) is 11.7. The molecule has 0 spiro atoms. The molecule has 0 aliphatic carbocycles. The van der Waals surface area contributed by atoms with Crippen LogP contribution in [0.2, 0.25) is 0 Å². The van der Waals surface area contributed by atoms with Crippen LogP contribution >= 0.6 is 0 Å². The van der Waals surface area contributed by atoms with E-state index in [1.165, 1.54) is 17.7 Å². The van der Waals surface area contributed by atoms with Crippen molar-refractivity contribution < 1.29 is 0 Å². The van der Waals surface area contributed by atoms with E-state index in [4.69, 9.17) is 0 Å². The maximum Gasteiger partial charge on any atom is 0.0183 e. The highest BCUT2D eigenvalue weighted by Crippen LogP contribution is 2.29. The summed E-state index contributed by atoms with van der Waals surface area (Å²) < 4.78 is 0. The van der Waals surface area contributed by atoms with E-state index in [2.05, 4.69) is 58.8 Å². The minimum atomic E-state index is 0.374. The van der Waals surface area contributed by atoms with Crippen molar-refractivity contribution in [3.8, 4) is 0 Å². The Bertz CT molecular complexity index is 314. The van der Waals surface area contributed by atoms with Gasteiger partial charge in [0.15, 0.2) is 0 Å². The maximum absolute atomic E-state index is 3.46. The molecule has 0 fully saturated rings. The van der Waals surface area contributed by atoms with Gasteiger partial charge in [0.1, 0.15) is 0 Å². The molecule has 1 atom stereocenters. The Hall–Kier alpha value is -0.720. The molecule has 0 bridgehead atoms. The molecule has 1 nitrogen and oxygen atoms in total. The molecule has 0 saturated heterocycles. The topological polar surface area (TPSA) is 15.8 Å². The number of hydrogen-bond acceptors (Lipinski definition) is 0. The van der Waals surface area contributed by atoms with Gasteiger partial charge >= 0.3 is 0 Å². The van der Waals surface area contributed by atoms with Gasteiger partial charge in [-0.05, 0) is 35.8 Å². The summed E-state index contributed by atoms with van der Waals surface area (Å²) in [5.41, 5.74) is 3.23. The van der Waals surface area contributed by atoms with Crippen LogP contribution in [0.1, 0.15) is 65.1 Å². The first-order valence-corrected chi connectivity index (χ1v) is 6.50. The van der Waals surface area contributed by atoms with Gasteiger partial charge < -0.3 is 4.98 Å². The zero-order valence-corrected chi connectivity index (χ0v) is 11.7. The molecule has 1 heteroatoms. The van der Waals surface area contributed by atoms with Gasteiger partial charge in [-0.15, -0.1) is 0 Å². The minimum Gasteiger partial charge on any atom is -0.364 e. The van der Waals surface area contributed by atoms with Crippen molar-refractivity contribution in [2.75, 3.05) is 0 Å². The van der Waals surface area contributed by atoms with Crippen LogP contribution in [0.25, 0.3) is 0 Å². The Morgan fingerprint density at radius 3 is 2.31 bits per heavy atom. The first-order chi connectivity index (χ1) is 7.33. The second-order valence-electron chi connectivity index (χ2n) is 6.46. The number of aromatic nitrogens is 1. The van der Waals surface area contributed by atoms with Crippen LogP contribution in [-0.4, -0.2) is 4.98 Å². The third-order valence-electron chi connectivity index (χ3n) is 3.14. The number of H-pyrrole nitrogens is 1. The van der Waals surface area contributed by atoms with Crippen LogP contribution in [-0.2, 0) is 6.42 Å². The Labute approximate surface area is 101 Å². The summed E-state index contributed by atoms with van der Waals surface area (Å²) in [4.78, 5) is 3.46. The van der Waals surface area contributed by atoms with Gasteiger partial charge in [0.25, 0.3) is 0 Å². The fourth-order valence-corrected chi connectivity index (χ4v) is 2.44. The molecule has 0 saturated carbocycles. The zero-order chi connectivity index (χ0) is 12.3. The van der Waals surface area contributed by atoms with Gasteiger partial charge in [-0.3, -0.25) is 0 Å². The van der Waals surface area contributed by atoms with Crippen molar-refractivity contribution in [2.45, 2.75) is 60.3 Å². The summed E-state index contributed by atoms with van der Waals surface area (Å²) in [5, 5.41) is 0. The summed E-state index contributed by atoms with van der Waals surface area (Å²) in [6, 6.07) is 2.36. The van der Waals surface area contributed by atoms with Gasteiger partial charge in [0.2, 0.25) is 0 Å². The largest absolute Gasteiger partial charge is 0.364 e. The Morgan fingerprint density at radius 1 is 1.25 bits per heavy atom. The lowest BCUT2D eigenvalue weighted by molar-refractivity contribution is 0.411. The van der Waals surface area contributed by atoms with E-state index in [0.717, 1.165) is 6.42 Å². The van der Waals surface area contributed by atoms with Crippen molar-refractivity contribution in [3.63, 3.8) is 0 Å². The molecule has 92 valence electrons. The third-order valence-corrected chi connectivity index (χ3v) is 3.14. The predicted molar refractivity (Wildman–Crippen MR) is 71.8 cm³/mol. The molecule has 0 amide bonds. The van der Waals surface area contributed by atoms with Crippen LogP contribution < -0.4 is 0 Å². The summed E-state index contributed by atoms with van der Waals surface area (Å²) >= 11 is 0. The molecule has 1 unspecified atom stereocenters. The van der Waals surface area contributed by atoms with Gasteiger partial charge in [0.05, 0.1) is 0 Å². The maximum atomic E-state index is 3.46. The molecule has 0 radical (unpaired) electrons. The molecule has 1 N–H and O–H groups in total. The number of nitrogens with one attached hydrogen (secondary N) is 1. The summed E-state index contributed by atoms with van der Waals surface area (Å²) in [6.45, 7) is 13.8. The van der Waals surface area contributed by atoms with Crippen LogP contribution in [0.4, 0.5) is 0 Å². The third kappa shape index (κ3) is 3.70. The molecule has 1 aromatic heterocycles. The molecule has 0 aliphatic heterocycles. The molecule has 1 aromatic rings. The monoisotopic (exact) mass is 221 g/mol. The van der Waals surface area contributed by atoms with Crippen LogP contribution in [0.3, 0.4) is 0 Å². The molecule has 0 aromatic carbocycles. The molecule has 1 rings (SSSR count). The highest BCUT2D eigenvalue weighted by molar-refractivity contribution is 5.21. The number of rotatable bonds is 4. The van der Waals surface area contributed by atoms with E-state index < -0.39 is 0 Å². The average molecular weight is 221 g/mol. The van der Waals surface area contributed by atoms with E-state index in [1.54, 1.807) is 0 Å². The van der Waals surface area contributed by atoms with Crippen molar-refractivity contribution in [1.82, 2.24) is 4.98 Å². The van der Waals surface area contributed by atoms with Crippen molar-refractivity contribution in [1.29, 1.82) is 0 Å². The first kappa shape index (κ1) is 13.3. The van der Waals surface area contributed by atoms with Crippen molar-refractivity contribution in [2.24, 2.45) is 11.3 Å². The minimum absolute atomic E-state index is 0.374. The lowest BCUT2D eigenvalue weighted by atomic mass is 9.87. The summed E-state index contributed by atoms with van der Waals surface area (Å²) in [6.07, 6.45) is 4.55. The molecule has 0 aliphatic rings. The fraction of sp³-hybridized carbons (Fsp3) is 0.733. The number of hydrogen-bond donors (Lipinski definition) is 1. The summed E-state index contributed by atoms with van der Waals surface area (Å²) in [7, 11) is 0. The first-order valence-electron chi connectivity index (χ1n) is 6.50. The summed E-state index contributed by atoms with van der Waals surface area (Å²) in [5.74, 6) is 1.39. The normalized spacial score (nSPS) is 14.4. The molecular weight excluding hydrogens is 194 g/mol. The highest BCUT2D eigenvalue weighted by atomic mass is 14.7. The second-order valence-corrected chi connectivity index (χ2v) is 6.46. The van der Waals surface area contributed by atoms with Gasteiger partial charge in [-0.25, -0.2) is 0 Å². The van der Waals surface area contributed by atoms with Crippen LogP contribution in [0.15, 0.2) is 12.3 Å². The second kappa shape index (κ2) is 5.07. The average Bonchev–Trinajstić information content (AvgIpc) is 2.50. The van der Waals surface area contributed by atoms with E-state index in [9.17, 15) is 0 Å². The van der Waals surface area contributed by atoms with Gasteiger partial charge in [-0.2, -0.15) is 0 Å². The van der Waals surface area contributed by atoms with Gasteiger partial charge in [0, 0.05) is 17.8 Å². The standard InChI is InChI=1S/C15H27N/c1-7-13(11(2)3)14-8-12(10-16-14)9-15(4,5)6/h8,10-11,13,16H,7,9H2,1-6H3. The Morgan fingerprint density at radius 2 is 1.88 bits per heavy atom. The lowest BCUT2D eigenvalue weighted by Crippen LogP contribution is -2.08. The molecule has 16 heavy (non-hydrogen) atoms. The van der Waals surface area contributed by atoms with Crippen molar-refractivity contribution in [3.05, 3.63) is 23.5 Å². The lowest BCUT2D eigenvalue weighted by Gasteiger charge is -2.18. The van der Waals surface area contributed by atoms with Crippen molar-refractivity contribution >= 4 is 0 Å². The fourth-order valence-electron chi connectivity index (χ4n) is 2.44. The highest BCUT2D eigenvalue weighted by Gasteiger charge is 2.17. The predicted octanol–water partition coefficient (Wildman–Crippen LogP) is 4.75. The van der Waals surface area contributed by atoms with E-state index in [1.807, 2.05) is 0 Å². The quantitative estimate of drug-likeness (QED) is 0.755. The van der Waals surface area contributed by atoms with Crippen LogP contribution in [0.5, 0.6) is 0 Å². The van der Waals surface area contributed by atoms with Gasteiger partial charge in [-0.1, -0.05) is 41.5 Å². The van der Waals surface area contributed by atoms with E-state index in [0.29, 0.717) is 17.3 Å².